The zero-order valence-electron chi connectivity index (χ0n) is 13.8. The molecule has 4 unspecified atom stereocenters. The quantitative estimate of drug-likeness (QED) is 0.302. The molecule has 0 saturated carbocycles. The average molecular weight is 312 g/mol. The lowest BCUT2D eigenvalue weighted by Gasteiger charge is -2.33. The van der Waals surface area contributed by atoms with Crippen molar-refractivity contribution in [2.24, 2.45) is 11.5 Å². The molecule has 2 heterocycles. The van der Waals surface area contributed by atoms with Gasteiger partial charge in [-0.05, 0) is 32.3 Å². The first-order chi connectivity index (χ1) is 10.7. The molecule has 0 aromatic heterocycles. The topological polar surface area (TPSA) is 101 Å². The Kier molecular flexibility index (Phi) is 6.91. The highest BCUT2D eigenvalue weighted by Crippen LogP contribution is 2.18. The second-order valence-electron chi connectivity index (χ2n) is 5.96. The summed E-state index contributed by atoms with van der Waals surface area (Å²) < 4.78 is 5.47. The van der Waals surface area contributed by atoms with Gasteiger partial charge in [-0.2, -0.15) is 0 Å². The highest BCUT2D eigenvalue weighted by atomic mass is 16.5. The van der Waals surface area contributed by atoms with Gasteiger partial charge in [0.15, 0.2) is 0 Å². The van der Waals surface area contributed by atoms with Crippen LogP contribution in [-0.2, 0) is 4.74 Å². The van der Waals surface area contributed by atoms with Crippen molar-refractivity contribution < 1.29 is 4.74 Å². The number of allylic oxidation sites excluding steroid dienone is 1. The van der Waals surface area contributed by atoms with Gasteiger partial charge in [-0.15, -0.1) is 0 Å². The summed E-state index contributed by atoms with van der Waals surface area (Å²) in [6, 6.07) is 0.293. The molecule has 2 aliphatic rings. The molecular weight excluding hydrogens is 280 g/mol. The van der Waals surface area contributed by atoms with E-state index >= 15 is 0 Å². The maximum absolute atomic E-state index is 6.43. The second-order valence-corrected chi connectivity index (χ2v) is 5.96. The SMILES string of the molecule is CCOCCN1NC(CC)C(N)C1C(N)NC1=CCCCN1. The van der Waals surface area contributed by atoms with Crippen LogP contribution in [0.3, 0.4) is 0 Å². The maximum atomic E-state index is 6.43. The van der Waals surface area contributed by atoms with E-state index in [4.69, 9.17) is 16.2 Å². The fourth-order valence-electron chi connectivity index (χ4n) is 3.17. The van der Waals surface area contributed by atoms with Crippen molar-refractivity contribution in [3.63, 3.8) is 0 Å². The Balaban J connectivity index is 1.97. The van der Waals surface area contributed by atoms with Crippen molar-refractivity contribution in [3.8, 4) is 0 Å². The average Bonchev–Trinajstić information content (AvgIpc) is 2.84. The summed E-state index contributed by atoms with van der Waals surface area (Å²) in [5.41, 5.74) is 16.3. The third kappa shape index (κ3) is 4.33. The lowest BCUT2D eigenvalue weighted by Crippen LogP contribution is -2.60. The first-order valence-electron chi connectivity index (χ1n) is 8.49. The Morgan fingerprint density at radius 2 is 2.32 bits per heavy atom. The fraction of sp³-hybridized carbons (Fsp3) is 0.867. The molecule has 4 atom stereocenters. The molecule has 1 saturated heterocycles. The number of hydrogen-bond acceptors (Lipinski definition) is 7. The van der Waals surface area contributed by atoms with Crippen LogP contribution in [0.5, 0.6) is 0 Å². The lowest BCUT2D eigenvalue weighted by molar-refractivity contribution is 0.0747. The van der Waals surface area contributed by atoms with Crippen LogP contribution < -0.4 is 27.5 Å². The molecule has 7 heteroatoms. The van der Waals surface area contributed by atoms with Crippen LogP contribution in [0.15, 0.2) is 11.9 Å². The molecule has 2 aliphatic heterocycles. The molecule has 0 spiro atoms. The zero-order chi connectivity index (χ0) is 15.9. The highest BCUT2D eigenvalue weighted by molar-refractivity contribution is 5.06. The summed E-state index contributed by atoms with van der Waals surface area (Å²) in [7, 11) is 0. The molecule has 7 N–H and O–H groups in total. The van der Waals surface area contributed by atoms with E-state index in [1.165, 1.54) is 6.42 Å². The molecule has 0 aromatic carbocycles. The summed E-state index contributed by atoms with van der Waals surface area (Å²) in [6.45, 7) is 7.32. The van der Waals surface area contributed by atoms with Gasteiger partial charge in [0.25, 0.3) is 0 Å². The smallest absolute Gasteiger partial charge is 0.0958 e. The van der Waals surface area contributed by atoms with E-state index in [1.54, 1.807) is 0 Å². The maximum Gasteiger partial charge on any atom is 0.0958 e. The molecule has 7 nitrogen and oxygen atoms in total. The van der Waals surface area contributed by atoms with Gasteiger partial charge < -0.3 is 26.8 Å². The van der Waals surface area contributed by atoms with E-state index in [9.17, 15) is 0 Å². The van der Waals surface area contributed by atoms with Gasteiger partial charge in [-0.3, -0.25) is 0 Å². The van der Waals surface area contributed by atoms with Crippen molar-refractivity contribution in [3.05, 3.63) is 11.9 Å². The molecule has 0 radical (unpaired) electrons. The summed E-state index contributed by atoms with van der Waals surface area (Å²) >= 11 is 0. The fourth-order valence-corrected chi connectivity index (χ4v) is 3.17. The molecule has 0 aromatic rings. The highest BCUT2D eigenvalue weighted by Gasteiger charge is 2.41. The monoisotopic (exact) mass is 312 g/mol. The van der Waals surface area contributed by atoms with Crippen LogP contribution in [0.2, 0.25) is 0 Å². The van der Waals surface area contributed by atoms with Crippen LogP contribution in [0.25, 0.3) is 0 Å². The van der Waals surface area contributed by atoms with Gasteiger partial charge >= 0.3 is 0 Å². The Morgan fingerprint density at radius 3 is 2.95 bits per heavy atom. The van der Waals surface area contributed by atoms with Crippen LogP contribution in [-0.4, -0.2) is 55.6 Å². The second kappa shape index (κ2) is 8.69. The Bertz CT molecular complexity index is 364. The molecule has 128 valence electrons. The predicted octanol–water partition coefficient (Wildman–Crippen LogP) is -0.583. The van der Waals surface area contributed by atoms with Crippen molar-refractivity contribution in [2.45, 2.75) is 57.4 Å². The minimum absolute atomic E-state index is 0.00156. The number of nitrogens with one attached hydrogen (secondary N) is 3. The third-order valence-electron chi connectivity index (χ3n) is 4.41. The van der Waals surface area contributed by atoms with Crippen LogP contribution in [0.4, 0.5) is 0 Å². The molecule has 0 bridgehead atoms. The van der Waals surface area contributed by atoms with E-state index < -0.39 is 0 Å². The van der Waals surface area contributed by atoms with Crippen molar-refractivity contribution in [1.82, 2.24) is 21.1 Å². The number of rotatable bonds is 8. The summed E-state index contributed by atoms with van der Waals surface area (Å²) in [6.07, 6.45) is 5.18. The molecule has 22 heavy (non-hydrogen) atoms. The number of nitrogens with two attached hydrogens (primary N) is 2. The standard InChI is InChI=1S/C15H32N6O/c1-3-11-13(16)14(21(20-11)9-10-22-4-2)15(17)19-12-7-5-6-8-18-12/h7,11,13-15,18-20H,3-6,8-10,16-17H2,1-2H3. The molecule has 2 rings (SSSR count). The number of ether oxygens (including phenoxy) is 1. The summed E-state index contributed by atoms with van der Waals surface area (Å²) in [5.74, 6) is 1.02. The third-order valence-corrected chi connectivity index (χ3v) is 4.41. The van der Waals surface area contributed by atoms with E-state index in [2.05, 4.69) is 34.1 Å². The van der Waals surface area contributed by atoms with Gasteiger partial charge in [0.2, 0.25) is 0 Å². The first-order valence-corrected chi connectivity index (χ1v) is 8.49. The van der Waals surface area contributed by atoms with Crippen LogP contribution >= 0.6 is 0 Å². The zero-order valence-corrected chi connectivity index (χ0v) is 13.8. The van der Waals surface area contributed by atoms with E-state index in [-0.39, 0.29) is 24.3 Å². The molecule has 0 aliphatic carbocycles. The van der Waals surface area contributed by atoms with Crippen molar-refractivity contribution >= 4 is 0 Å². The van der Waals surface area contributed by atoms with Crippen LogP contribution in [0.1, 0.15) is 33.1 Å². The van der Waals surface area contributed by atoms with Crippen molar-refractivity contribution in [2.75, 3.05) is 26.3 Å². The lowest BCUT2D eigenvalue weighted by atomic mass is 9.99. The normalized spacial score (nSPS) is 30.7. The Morgan fingerprint density at radius 1 is 1.50 bits per heavy atom. The van der Waals surface area contributed by atoms with Gasteiger partial charge in [-0.25, -0.2) is 10.4 Å². The molecular formula is C15H32N6O. The minimum atomic E-state index is -0.225. The number of nitrogens with zero attached hydrogens (tertiary/aromatic N) is 1. The van der Waals surface area contributed by atoms with Gasteiger partial charge in [0, 0.05) is 31.8 Å². The predicted molar refractivity (Wildman–Crippen MR) is 88.6 cm³/mol. The van der Waals surface area contributed by atoms with Gasteiger partial charge in [-0.1, -0.05) is 6.92 Å². The largest absolute Gasteiger partial charge is 0.380 e. The van der Waals surface area contributed by atoms with E-state index in [0.717, 1.165) is 38.4 Å². The van der Waals surface area contributed by atoms with Gasteiger partial charge in [0.1, 0.15) is 0 Å². The van der Waals surface area contributed by atoms with Crippen molar-refractivity contribution in [1.29, 1.82) is 0 Å². The Labute approximate surface area is 133 Å². The number of hydrazine groups is 1. The summed E-state index contributed by atoms with van der Waals surface area (Å²) in [5, 5.41) is 8.88. The Hall–Kier alpha value is -0.860. The number of hydrogen-bond donors (Lipinski definition) is 5. The van der Waals surface area contributed by atoms with E-state index in [0.29, 0.717) is 6.61 Å². The van der Waals surface area contributed by atoms with Crippen LogP contribution in [0, 0.1) is 0 Å². The first kappa shape index (κ1) is 17.5. The van der Waals surface area contributed by atoms with Gasteiger partial charge in [0.05, 0.1) is 24.6 Å². The molecule has 1 fully saturated rings. The minimum Gasteiger partial charge on any atom is -0.380 e. The molecule has 0 amide bonds. The van der Waals surface area contributed by atoms with E-state index in [1.807, 2.05) is 6.92 Å². The summed E-state index contributed by atoms with van der Waals surface area (Å²) in [4.78, 5) is 0.